The van der Waals surface area contributed by atoms with E-state index in [0.717, 1.165) is 12.1 Å². The van der Waals surface area contributed by atoms with Gasteiger partial charge >= 0.3 is 5.97 Å². The van der Waals surface area contributed by atoms with Crippen LogP contribution in [0.15, 0.2) is 18.2 Å². The van der Waals surface area contributed by atoms with E-state index in [1.54, 1.807) is 7.05 Å². The highest BCUT2D eigenvalue weighted by atomic mass is 35.5. The van der Waals surface area contributed by atoms with Crippen LogP contribution in [0.2, 0.25) is 5.02 Å². The number of nitrogens with zero attached hydrogens (tertiary/aromatic N) is 2. The normalized spacial score (nSPS) is 21.4. The zero-order chi connectivity index (χ0) is 16.4. The number of carbonyl (C=O) groups excluding carboxylic acids is 1. The molecule has 1 heterocycles. The van der Waals surface area contributed by atoms with Gasteiger partial charge in [-0.1, -0.05) is 11.6 Å². The summed E-state index contributed by atoms with van der Waals surface area (Å²) in [5, 5.41) is 18.8. The summed E-state index contributed by atoms with van der Waals surface area (Å²) in [6.45, 7) is 0.0136. The number of aliphatic hydroxyl groups excluding tert-OH is 1. The third-order valence-corrected chi connectivity index (χ3v) is 3.97. The Labute approximate surface area is 131 Å². The fourth-order valence-electron chi connectivity index (χ4n) is 2.53. The maximum absolute atomic E-state index is 13.0. The molecule has 0 bridgehead atoms. The Kier molecular flexibility index (Phi) is 5.00. The molecule has 0 aromatic heterocycles. The van der Waals surface area contributed by atoms with Crippen LogP contribution in [-0.4, -0.2) is 70.7 Å². The second kappa shape index (κ2) is 6.60. The molecule has 1 aliphatic rings. The number of amides is 1. The number of aliphatic carboxylic acids is 1. The first-order valence-electron chi connectivity index (χ1n) is 6.64. The second-order valence-corrected chi connectivity index (χ2v) is 5.69. The van der Waals surface area contributed by atoms with Crippen LogP contribution < -0.4 is 0 Å². The number of hydrogen-bond donors (Lipinski definition) is 2. The van der Waals surface area contributed by atoms with Crippen LogP contribution in [0.25, 0.3) is 0 Å². The Balaban J connectivity index is 2.11. The van der Waals surface area contributed by atoms with Crippen LogP contribution in [0.5, 0.6) is 0 Å². The summed E-state index contributed by atoms with van der Waals surface area (Å²) in [7, 11) is 1.57. The fraction of sp³-hybridized carbons (Fsp3) is 0.429. The molecule has 2 rings (SSSR count). The van der Waals surface area contributed by atoms with Gasteiger partial charge < -0.3 is 15.1 Å². The Morgan fingerprint density at radius 3 is 2.73 bits per heavy atom. The van der Waals surface area contributed by atoms with Crippen molar-refractivity contribution in [2.24, 2.45) is 0 Å². The zero-order valence-corrected chi connectivity index (χ0v) is 12.6. The summed E-state index contributed by atoms with van der Waals surface area (Å²) >= 11 is 5.87. The van der Waals surface area contributed by atoms with Crippen molar-refractivity contribution in [1.29, 1.82) is 0 Å². The van der Waals surface area contributed by atoms with Crippen molar-refractivity contribution in [3.8, 4) is 0 Å². The minimum absolute atomic E-state index is 0.00169. The average Bonchev–Trinajstić information content (AvgIpc) is 2.79. The number of benzene rings is 1. The number of aliphatic hydroxyl groups is 1. The quantitative estimate of drug-likeness (QED) is 0.848. The van der Waals surface area contributed by atoms with E-state index in [-0.39, 0.29) is 30.2 Å². The molecule has 2 atom stereocenters. The molecule has 1 aromatic rings. The molecule has 0 radical (unpaired) electrons. The van der Waals surface area contributed by atoms with Gasteiger partial charge in [0.1, 0.15) is 5.82 Å². The Morgan fingerprint density at radius 2 is 2.14 bits per heavy atom. The number of carboxylic acids is 1. The van der Waals surface area contributed by atoms with Crippen LogP contribution in [0.4, 0.5) is 4.39 Å². The molecule has 1 fully saturated rings. The van der Waals surface area contributed by atoms with Gasteiger partial charge in [0, 0.05) is 13.1 Å². The molecule has 120 valence electrons. The van der Waals surface area contributed by atoms with E-state index in [2.05, 4.69) is 0 Å². The predicted octanol–water partition coefficient (Wildman–Crippen LogP) is 0.681. The van der Waals surface area contributed by atoms with Gasteiger partial charge in [-0.15, -0.1) is 0 Å². The fourth-order valence-corrected chi connectivity index (χ4v) is 2.78. The monoisotopic (exact) mass is 330 g/mol. The van der Waals surface area contributed by atoms with Crippen molar-refractivity contribution in [2.45, 2.75) is 12.1 Å². The van der Waals surface area contributed by atoms with E-state index < -0.39 is 29.8 Å². The number of halogens is 2. The van der Waals surface area contributed by atoms with Crippen molar-refractivity contribution in [3.63, 3.8) is 0 Å². The van der Waals surface area contributed by atoms with Crippen molar-refractivity contribution >= 4 is 23.5 Å². The zero-order valence-electron chi connectivity index (χ0n) is 11.9. The second-order valence-electron chi connectivity index (χ2n) is 5.28. The van der Waals surface area contributed by atoms with Crippen molar-refractivity contribution in [3.05, 3.63) is 34.6 Å². The molecule has 1 amide bonds. The van der Waals surface area contributed by atoms with Gasteiger partial charge in [-0.3, -0.25) is 14.5 Å². The number of carbonyl (C=O) groups is 2. The van der Waals surface area contributed by atoms with Crippen LogP contribution in [0, 0.1) is 5.82 Å². The third-order valence-electron chi connectivity index (χ3n) is 3.66. The first-order valence-corrected chi connectivity index (χ1v) is 7.02. The molecule has 1 aromatic carbocycles. The van der Waals surface area contributed by atoms with Crippen LogP contribution in [0.1, 0.15) is 10.4 Å². The van der Waals surface area contributed by atoms with Crippen molar-refractivity contribution < 1.29 is 24.2 Å². The van der Waals surface area contributed by atoms with Crippen LogP contribution in [0.3, 0.4) is 0 Å². The van der Waals surface area contributed by atoms with Crippen LogP contribution in [-0.2, 0) is 4.79 Å². The molecule has 0 unspecified atom stereocenters. The van der Waals surface area contributed by atoms with E-state index in [4.69, 9.17) is 16.7 Å². The van der Waals surface area contributed by atoms with Gasteiger partial charge in [0.15, 0.2) is 0 Å². The first-order chi connectivity index (χ1) is 10.3. The highest BCUT2D eigenvalue weighted by Crippen LogP contribution is 2.23. The molecule has 0 spiro atoms. The molecule has 2 N–H and O–H groups in total. The number of likely N-dealkylation sites (tertiary alicyclic amines) is 1. The Hall–Kier alpha value is -1.70. The summed E-state index contributed by atoms with van der Waals surface area (Å²) in [5.41, 5.74) is 0.150. The molecule has 0 aliphatic carbocycles. The smallest absolute Gasteiger partial charge is 0.317 e. The lowest BCUT2D eigenvalue weighted by molar-refractivity contribution is -0.138. The number of likely N-dealkylation sites (N-methyl/N-ethyl adjacent to an activating group) is 1. The summed E-state index contributed by atoms with van der Waals surface area (Å²) in [4.78, 5) is 26.0. The number of hydrogen-bond acceptors (Lipinski definition) is 4. The van der Waals surface area contributed by atoms with E-state index >= 15 is 0 Å². The minimum atomic E-state index is -1.01. The van der Waals surface area contributed by atoms with E-state index in [0.29, 0.717) is 0 Å². The van der Waals surface area contributed by atoms with Crippen molar-refractivity contribution in [1.82, 2.24) is 9.80 Å². The van der Waals surface area contributed by atoms with Crippen molar-refractivity contribution in [2.75, 3.05) is 26.7 Å². The summed E-state index contributed by atoms with van der Waals surface area (Å²) in [6.07, 6.45) is -0.854. The SMILES string of the molecule is CN(CC(=O)O)[C@H]1CN(C(=O)c2ccc(F)cc2Cl)C[C@H]1O. The van der Waals surface area contributed by atoms with E-state index in [1.165, 1.54) is 15.9 Å². The highest BCUT2D eigenvalue weighted by Gasteiger charge is 2.37. The maximum atomic E-state index is 13.0. The molecule has 8 heteroatoms. The topological polar surface area (TPSA) is 81.1 Å². The van der Waals surface area contributed by atoms with Crippen LogP contribution >= 0.6 is 11.6 Å². The lowest BCUT2D eigenvalue weighted by atomic mass is 10.2. The van der Waals surface area contributed by atoms with Gasteiger partial charge in [-0.05, 0) is 25.2 Å². The first kappa shape index (κ1) is 16.7. The molecular formula is C14H16ClFN2O4. The van der Waals surface area contributed by atoms with Gasteiger partial charge in [0.25, 0.3) is 5.91 Å². The molecular weight excluding hydrogens is 315 g/mol. The van der Waals surface area contributed by atoms with Gasteiger partial charge in [0.05, 0.1) is 29.3 Å². The average molecular weight is 331 g/mol. The van der Waals surface area contributed by atoms with Gasteiger partial charge in [-0.2, -0.15) is 0 Å². The van der Waals surface area contributed by atoms with E-state index in [9.17, 15) is 19.1 Å². The Bertz CT molecular complexity index is 598. The number of β-amino-alcohol motifs (C(OH)–C–C–N with tert-alkyl or cyclic N) is 1. The summed E-state index contributed by atoms with van der Waals surface area (Å²) < 4.78 is 13.0. The minimum Gasteiger partial charge on any atom is -0.480 e. The standard InChI is InChI=1S/C14H16ClFN2O4/c1-17(7-13(20)21)11-5-18(6-12(11)19)14(22)9-3-2-8(16)4-10(9)15/h2-4,11-12,19H,5-7H2,1H3,(H,20,21)/t11-,12+/m0/s1. The third kappa shape index (κ3) is 3.55. The summed E-state index contributed by atoms with van der Waals surface area (Å²) in [5.74, 6) is -1.97. The summed E-state index contributed by atoms with van der Waals surface area (Å²) in [6, 6.07) is 3.01. The molecule has 1 aliphatic heterocycles. The predicted molar refractivity (Wildman–Crippen MR) is 77.4 cm³/mol. The molecule has 22 heavy (non-hydrogen) atoms. The Morgan fingerprint density at radius 1 is 1.45 bits per heavy atom. The van der Waals surface area contributed by atoms with E-state index in [1.807, 2.05) is 0 Å². The molecule has 6 nitrogen and oxygen atoms in total. The van der Waals surface area contributed by atoms with Gasteiger partial charge in [-0.25, -0.2) is 4.39 Å². The van der Waals surface area contributed by atoms with Gasteiger partial charge in [0.2, 0.25) is 0 Å². The molecule has 1 saturated heterocycles. The molecule has 0 saturated carbocycles. The number of rotatable bonds is 4. The lowest BCUT2D eigenvalue weighted by Crippen LogP contribution is -2.43. The number of carboxylic acid groups (broad SMARTS) is 1. The highest BCUT2D eigenvalue weighted by molar-refractivity contribution is 6.33. The largest absolute Gasteiger partial charge is 0.480 e. The lowest BCUT2D eigenvalue weighted by Gasteiger charge is -2.24. The maximum Gasteiger partial charge on any atom is 0.317 e.